The molecule has 0 amide bonds. The van der Waals surface area contributed by atoms with Crippen LogP contribution in [0, 0.1) is 0 Å². The minimum absolute atomic E-state index is 0.315. The van der Waals surface area contributed by atoms with Gasteiger partial charge in [-0.2, -0.15) is 8.42 Å². The Morgan fingerprint density at radius 2 is 1.50 bits per heavy atom. The maximum atomic E-state index is 10.8. The number of unbranched alkanes of at least 4 members (excludes halogenated alkanes) is 5. The molecule has 0 aromatic heterocycles. The molecular weight excluding hydrogens is 252 g/mol. The molecule has 0 heterocycles. The highest BCUT2D eigenvalue weighted by Gasteiger charge is 2.18. The van der Waals surface area contributed by atoms with E-state index in [9.17, 15) is 13.5 Å². The summed E-state index contributed by atoms with van der Waals surface area (Å²) in [4.78, 5) is 0. The van der Waals surface area contributed by atoms with Crippen molar-refractivity contribution in [1.82, 2.24) is 0 Å². The first-order valence-corrected chi connectivity index (χ1v) is 8.52. The van der Waals surface area contributed by atoms with Gasteiger partial charge in [-0.1, -0.05) is 45.4 Å². The monoisotopic (exact) mass is 280 g/mol. The predicted molar refractivity (Wildman–Crippen MR) is 74.2 cm³/mol. The molecule has 0 saturated carbocycles. The van der Waals surface area contributed by atoms with Crippen LogP contribution < -0.4 is 0 Å². The molecule has 18 heavy (non-hydrogen) atoms. The van der Waals surface area contributed by atoms with Gasteiger partial charge in [-0.15, -0.1) is 0 Å². The third-order valence-electron chi connectivity index (χ3n) is 3.31. The number of aliphatic hydroxyl groups excluding tert-OH is 1. The number of hydrogen-bond donors (Lipinski definition) is 2. The van der Waals surface area contributed by atoms with Crippen molar-refractivity contribution in [2.24, 2.45) is 0 Å². The molecule has 2 N–H and O–H groups in total. The van der Waals surface area contributed by atoms with E-state index < -0.39 is 21.5 Å². The molecule has 2 atom stereocenters. The summed E-state index contributed by atoms with van der Waals surface area (Å²) in [6.45, 7) is 3.65. The zero-order chi connectivity index (χ0) is 14.0. The first-order chi connectivity index (χ1) is 8.38. The zero-order valence-electron chi connectivity index (χ0n) is 11.6. The summed E-state index contributed by atoms with van der Waals surface area (Å²) < 4.78 is 30.3. The van der Waals surface area contributed by atoms with Gasteiger partial charge in [0.1, 0.15) is 0 Å². The van der Waals surface area contributed by atoms with Crippen LogP contribution in [0.15, 0.2) is 0 Å². The minimum Gasteiger partial charge on any atom is -0.393 e. The fourth-order valence-corrected chi connectivity index (χ4v) is 2.31. The molecule has 0 aliphatic heterocycles. The largest absolute Gasteiger partial charge is 0.393 e. The van der Waals surface area contributed by atoms with Crippen molar-refractivity contribution >= 4 is 10.1 Å². The van der Waals surface area contributed by atoms with E-state index in [-0.39, 0.29) is 0 Å². The lowest BCUT2D eigenvalue weighted by molar-refractivity contribution is 0.148. The van der Waals surface area contributed by atoms with Crippen LogP contribution in [0.3, 0.4) is 0 Å². The van der Waals surface area contributed by atoms with Gasteiger partial charge in [0.15, 0.2) is 0 Å². The Bertz CT molecular complexity index is 287. The smallest absolute Gasteiger partial charge is 0.267 e. The molecule has 0 aromatic carbocycles. The average molecular weight is 280 g/mol. The fraction of sp³-hybridized carbons (Fsp3) is 1.00. The van der Waals surface area contributed by atoms with Crippen molar-refractivity contribution in [2.75, 3.05) is 0 Å². The van der Waals surface area contributed by atoms with Crippen LogP contribution in [0.5, 0.6) is 0 Å². The van der Waals surface area contributed by atoms with Gasteiger partial charge in [0, 0.05) is 0 Å². The second-order valence-electron chi connectivity index (χ2n) is 5.11. The normalized spacial score (nSPS) is 15.6. The molecule has 0 radical (unpaired) electrons. The summed E-state index contributed by atoms with van der Waals surface area (Å²) in [5.74, 6) is 0. The molecule has 110 valence electrons. The van der Waals surface area contributed by atoms with Crippen molar-refractivity contribution in [2.45, 2.75) is 83.0 Å². The van der Waals surface area contributed by atoms with E-state index in [4.69, 9.17) is 4.55 Å². The molecule has 0 spiro atoms. The number of rotatable bonds is 11. The number of aliphatic hydroxyl groups is 1. The van der Waals surface area contributed by atoms with Gasteiger partial charge < -0.3 is 5.11 Å². The topological polar surface area (TPSA) is 74.6 Å². The minimum atomic E-state index is -3.95. The Balaban J connectivity index is 3.51. The van der Waals surface area contributed by atoms with Crippen molar-refractivity contribution in [3.8, 4) is 0 Å². The molecule has 0 bridgehead atoms. The molecule has 2 unspecified atom stereocenters. The van der Waals surface area contributed by atoms with Crippen molar-refractivity contribution in [3.63, 3.8) is 0 Å². The van der Waals surface area contributed by atoms with Gasteiger partial charge in [-0.3, -0.25) is 4.55 Å². The maximum Gasteiger partial charge on any atom is 0.267 e. The summed E-state index contributed by atoms with van der Waals surface area (Å²) in [7, 11) is -3.95. The third-order valence-corrected chi connectivity index (χ3v) is 4.56. The summed E-state index contributed by atoms with van der Waals surface area (Å²) in [6.07, 6.45) is 8.13. The summed E-state index contributed by atoms with van der Waals surface area (Å²) >= 11 is 0. The summed E-state index contributed by atoms with van der Waals surface area (Å²) in [6, 6.07) is 0. The average Bonchev–Trinajstić information content (AvgIpc) is 2.29. The lowest BCUT2D eigenvalue weighted by Crippen LogP contribution is -2.19. The molecule has 0 saturated heterocycles. The maximum absolute atomic E-state index is 10.8. The van der Waals surface area contributed by atoms with Crippen molar-refractivity contribution in [1.29, 1.82) is 0 Å². The van der Waals surface area contributed by atoms with Gasteiger partial charge in [0.05, 0.1) is 11.4 Å². The molecule has 4 nitrogen and oxygen atoms in total. The van der Waals surface area contributed by atoms with Crippen LogP contribution in [-0.4, -0.2) is 29.4 Å². The zero-order valence-corrected chi connectivity index (χ0v) is 12.5. The molecule has 0 aromatic rings. The standard InChI is InChI=1S/C13H28O4S/c1-3-4-5-6-7-8-9-13(14)11-10-12(2)18(15,16)17/h12-14H,3-11H2,1-2H3,(H,15,16,17). The predicted octanol–water partition coefficient (Wildman–Crippen LogP) is 3.15. The van der Waals surface area contributed by atoms with Gasteiger partial charge in [0.25, 0.3) is 10.1 Å². The first kappa shape index (κ1) is 17.9. The molecule has 0 fully saturated rings. The molecule has 0 aliphatic carbocycles. The van der Waals surface area contributed by atoms with Crippen LogP contribution in [0.2, 0.25) is 0 Å². The van der Waals surface area contributed by atoms with E-state index in [1.54, 1.807) is 0 Å². The fourth-order valence-electron chi connectivity index (χ4n) is 1.88. The Hall–Kier alpha value is -0.130. The van der Waals surface area contributed by atoms with E-state index >= 15 is 0 Å². The second-order valence-corrected chi connectivity index (χ2v) is 6.95. The SMILES string of the molecule is CCCCCCCCC(O)CCC(C)S(=O)(=O)O. The van der Waals surface area contributed by atoms with Gasteiger partial charge in [-0.05, 0) is 26.2 Å². The lowest BCUT2D eigenvalue weighted by Gasteiger charge is -2.12. The molecule has 0 rings (SSSR count). The van der Waals surface area contributed by atoms with Crippen molar-refractivity contribution in [3.05, 3.63) is 0 Å². The van der Waals surface area contributed by atoms with Crippen LogP contribution >= 0.6 is 0 Å². The molecule has 5 heteroatoms. The Kier molecular flexibility index (Phi) is 9.68. The van der Waals surface area contributed by atoms with E-state index in [1.165, 1.54) is 32.6 Å². The van der Waals surface area contributed by atoms with Gasteiger partial charge >= 0.3 is 0 Å². The van der Waals surface area contributed by atoms with E-state index in [0.29, 0.717) is 12.8 Å². The van der Waals surface area contributed by atoms with E-state index in [1.807, 2.05) is 0 Å². The second kappa shape index (κ2) is 9.75. The third kappa shape index (κ3) is 9.85. The van der Waals surface area contributed by atoms with E-state index in [2.05, 4.69) is 6.92 Å². The Morgan fingerprint density at radius 3 is 2.06 bits per heavy atom. The van der Waals surface area contributed by atoms with Crippen LogP contribution in [0.25, 0.3) is 0 Å². The highest BCUT2D eigenvalue weighted by atomic mass is 32.2. The van der Waals surface area contributed by atoms with Gasteiger partial charge in [-0.25, -0.2) is 0 Å². The van der Waals surface area contributed by atoms with Gasteiger partial charge in [0.2, 0.25) is 0 Å². The lowest BCUT2D eigenvalue weighted by atomic mass is 10.0. The van der Waals surface area contributed by atoms with E-state index in [0.717, 1.165) is 19.3 Å². The molecular formula is C13H28O4S. The molecule has 0 aliphatic rings. The highest BCUT2D eigenvalue weighted by molar-refractivity contribution is 7.86. The first-order valence-electron chi connectivity index (χ1n) is 7.02. The summed E-state index contributed by atoms with van der Waals surface area (Å²) in [5, 5.41) is 8.91. The quantitative estimate of drug-likeness (QED) is 0.450. The van der Waals surface area contributed by atoms with Crippen LogP contribution in [-0.2, 0) is 10.1 Å². The summed E-state index contributed by atoms with van der Waals surface area (Å²) in [5.41, 5.74) is 0. The number of hydrogen-bond acceptors (Lipinski definition) is 3. The van der Waals surface area contributed by atoms with Crippen molar-refractivity contribution < 1.29 is 18.1 Å². The Labute approximate surface area is 112 Å². The van der Waals surface area contributed by atoms with Crippen LogP contribution in [0.4, 0.5) is 0 Å². The van der Waals surface area contributed by atoms with Crippen LogP contribution in [0.1, 0.15) is 71.6 Å². The Morgan fingerprint density at radius 1 is 0.944 bits per heavy atom. The highest BCUT2D eigenvalue weighted by Crippen LogP contribution is 2.14.